The van der Waals surface area contributed by atoms with Crippen molar-refractivity contribution in [1.82, 2.24) is 20.1 Å². The monoisotopic (exact) mass is 672 g/mol. The van der Waals surface area contributed by atoms with E-state index >= 15 is 0 Å². The standard InChI is InChI=1S/C34H45FN4O9/c1-33(2,3)22-14-20(19-6-8-21(35)9-7-19)15-23-30(22)48-31(37-23)32(47)39-13-12-38(18-34(39,4)5)27(44)11-10-26(43)36-16-24(41)28(45)29(46)25(42)17-40/h6-9,14-15,24-25,28-29,40-42,45-46H,10-13,16-18H2,1-5H3,(H,36,43)/t24-,25+,28+,29+/m0/s1. The van der Waals surface area contributed by atoms with Crippen LogP contribution in [0.2, 0.25) is 0 Å². The molecule has 1 aliphatic heterocycles. The zero-order valence-corrected chi connectivity index (χ0v) is 27.8. The fourth-order valence-electron chi connectivity index (χ4n) is 5.72. The van der Waals surface area contributed by atoms with Crippen molar-refractivity contribution in [1.29, 1.82) is 0 Å². The average molecular weight is 673 g/mol. The van der Waals surface area contributed by atoms with Crippen LogP contribution in [0.3, 0.4) is 0 Å². The number of benzene rings is 2. The van der Waals surface area contributed by atoms with Gasteiger partial charge in [-0.05, 0) is 54.7 Å². The number of oxazole rings is 1. The summed E-state index contributed by atoms with van der Waals surface area (Å²) in [6, 6.07) is 9.91. The molecule has 3 amide bonds. The maximum atomic E-state index is 13.8. The Bertz CT molecular complexity index is 1620. The van der Waals surface area contributed by atoms with Crippen LogP contribution in [0.1, 0.15) is 63.7 Å². The number of halogens is 1. The minimum Gasteiger partial charge on any atom is -0.432 e. The Hall–Kier alpha value is -3.95. The second-order valence-electron chi connectivity index (χ2n) is 13.8. The number of amides is 3. The van der Waals surface area contributed by atoms with E-state index in [1.165, 1.54) is 12.1 Å². The quantitative estimate of drug-likeness (QED) is 0.173. The van der Waals surface area contributed by atoms with E-state index in [1.54, 1.807) is 21.9 Å². The lowest BCUT2D eigenvalue weighted by atomic mass is 9.84. The van der Waals surface area contributed by atoms with Crippen molar-refractivity contribution >= 4 is 28.8 Å². The first kappa shape index (κ1) is 36.9. The van der Waals surface area contributed by atoms with Gasteiger partial charge in [0.2, 0.25) is 11.8 Å². The van der Waals surface area contributed by atoms with Gasteiger partial charge >= 0.3 is 5.91 Å². The Morgan fingerprint density at radius 1 is 0.979 bits per heavy atom. The van der Waals surface area contributed by atoms with Crippen LogP contribution in [-0.2, 0) is 15.0 Å². The lowest BCUT2D eigenvalue weighted by Gasteiger charge is -2.46. The highest BCUT2D eigenvalue weighted by Crippen LogP contribution is 2.36. The molecule has 0 bridgehead atoms. The summed E-state index contributed by atoms with van der Waals surface area (Å²) in [6.07, 6.45) is -7.27. The van der Waals surface area contributed by atoms with Gasteiger partial charge in [0, 0.05) is 44.6 Å². The first-order chi connectivity index (χ1) is 22.4. The van der Waals surface area contributed by atoms with Crippen LogP contribution >= 0.6 is 0 Å². The van der Waals surface area contributed by atoms with Gasteiger partial charge in [0.1, 0.15) is 29.6 Å². The van der Waals surface area contributed by atoms with Gasteiger partial charge < -0.3 is 45.1 Å². The SMILES string of the molecule is CC(C)(C)c1cc(-c2ccc(F)cc2)cc2nc(C(=O)N3CCN(C(=O)CCC(=O)NC[C@H](O)[C@@H](O)[C@H](O)[C@H](O)CO)CC3(C)C)oc12. The molecule has 1 aromatic heterocycles. The van der Waals surface area contributed by atoms with E-state index in [0.29, 0.717) is 11.1 Å². The fourth-order valence-corrected chi connectivity index (χ4v) is 5.72. The number of piperazine rings is 1. The van der Waals surface area contributed by atoms with Crippen LogP contribution in [0.25, 0.3) is 22.2 Å². The molecule has 6 N–H and O–H groups in total. The van der Waals surface area contributed by atoms with Crippen LogP contribution in [0, 0.1) is 5.82 Å². The molecule has 1 fully saturated rings. The number of aliphatic hydroxyl groups excluding tert-OH is 5. The number of fused-ring (bicyclic) bond motifs is 1. The molecule has 0 aliphatic carbocycles. The molecule has 13 nitrogen and oxygen atoms in total. The van der Waals surface area contributed by atoms with Gasteiger partial charge in [0.15, 0.2) is 5.58 Å². The number of carbonyl (C=O) groups is 3. The van der Waals surface area contributed by atoms with Crippen molar-refractivity contribution in [2.45, 2.75) is 82.8 Å². The lowest BCUT2D eigenvalue weighted by Crippen LogP contribution is -2.62. The molecule has 4 atom stereocenters. The van der Waals surface area contributed by atoms with E-state index in [2.05, 4.69) is 10.3 Å². The molecule has 3 aromatic rings. The highest BCUT2D eigenvalue weighted by molar-refractivity contribution is 5.95. The van der Waals surface area contributed by atoms with Crippen LogP contribution in [-0.4, -0.2) is 121 Å². The van der Waals surface area contributed by atoms with Gasteiger partial charge in [-0.15, -0.1) is 0 Å². The molecule has 4 rings (SSSR count). The highest BCUT2D eigenvalue weighted by Gasteiger charge is 2.40. The smallest absolute Gasteiger partial charge is 0.310 e. The summed E-state index contributed by atoms with van der Waals surface area (Å²) in [7, 11) is 0. The summed E-state index contributed by atoms with van der Waals surface area (Å²) in [5.41, 5.74) is 2.27. The van der Waals surface area contributed by atoms with Gasteiger partial charge in [-0.25, -0.2) is 9.37 Å². The summed E-state index contributed by atoms with van der Waals surface area (Å²) >= 11 is 0. The minimum atomic E-state index is -1.82. The van der Waals surface area contributed by atoms with E-state index in [9.17, 15) is 39.2 Å². The highest BCUT2D eigenvalue weighted by atomic mass is 19.1. The van der Waals surface area contributed by atoms with Gasteiger partial charge in [0.25, 0.3) is 5.89 Å². The first-order valence-corrected chi connectivity index (χ1v) is 15.8. The number of hydrogen-bond donors (Lipinski definition) is 6. The van der Waals surface area contributed by atoms with E-state index in [4.69, 9.17) is 9.52 Å². The first-order valence-electron chi connectivity index (χ1n) is 15.8. The predicted octanol–water partition coefficient (Wildman–Crippen LogP) is 1.33. The molecule has 0 unspecified atom stereocenters. The Morgan fingerprint density at radius 2 is 1.62 bits per heavy atom. The van der Waals surface area contributed by atoms with Crippen molar-refractivity contribution in [2.24, 2.45) is 0 Å². The van der Waals surface area contributed by atoms with Gasteiger partial charge in [-0.2, -0.15) is 0 Å². The number of carbonyl (C=O) groups excluding carboxylic acids is 3. The Morgan fingerprint density at radius 3 is 2.23 bits per heavy atom. The summed E-state index contributed by atoms with van der Waals surface area (Å²) in [5.74, 6) is -1.74. The molecule has 48 heavy (non-hydrogen) atoms. The Labute approximate surface area is 278 Å². The van der Waals surface area contributed by atoms with E-state index in [-0.39, 0.29) is 55.5 Å². The molecule has 262 valence electrons. The lowest BCUT2D eigenvalue weighted by molar-refractivity contribution is -0.137. The minimum absolute atomic E-state index is 0.0815. The molecule has 0 spiro atoms. The third kappa shape index (κ3) is 8.36. The molecule has 0 saturated carbocycles. The zero-order chi connectivity index (χ0) is 35.6. The van der Waals surface area contributed by atoms with Crippen molar-refractivity contribution < 1.29 is 48.7 Å². The molecule has 0 radical (unpaired) electrons. The fraction of sp³-hybridized carbons (Fsp3) is 0.529. The molecule has 1 aliphatic rings. The van der Waals surface area contributed by atoms with Crippen molar-refractivity contribution in [3.05, 3.63) is 53.7 Å². The number of rotatable bonds is 11. The van der Waals surface area contributed by atoms with E-state index in [1.807, 2.05) is 46.8 Å². The summed E-state index contributed by atoms with van der Waals surface area (Å²) in [5, 5.41) is 50.2. The van der Waals surface area contributed by atoms with Gasteiger partial charge in [0.05, 0.1) is 18.2 Å². The average Bonchev–Trinajstić information content (AvgIpc) is 3.48. The zero-order valence-electron chi connectivity index (χ0n) is 27.8. The molecule has 14 heteroatoms. The van der Waals surface area contributed by atoms with E-state index in [0.717, 1.165) is 16.7 Å². The summed E-state index contributed by atoms with van der Waals surface area (Å²) in [6.45, 7) is 9.04. The van der Waals surface area contributed by atoms with Crippen LogP contribution in [0.5, 0.6) is 0 Å². The number of nitrogens with one attached hydrogen (secondary N) is 1. The number of aromatic nitrogens is 1. The summed E-state index contributed by atoms with van der Waals surface area (Å²) in [4.78, 5) is 46.9. The maximum Gasteiger partial charge on any atom is 0.310 e. The number of nitrogens with zero attached hydrogens (tertiary/aromatic N) is 3. The summed E-state index contributed by atoms with van der Waals surface area (Å²) < 4.78 is 19.7. The van der Waals surface area contributed by atoms with Gasteiger partial charge in [-0.1, -0.05) is 32.9 Å². The number of aliphatic hydroxyl groups is 5. The van der Waals surface area contributed by atoms with Crippen molar-refractivity contribution in [2.75, 3.05) is 32.8 Å². The normalized spacial score (nSPS) is 17.6. The van der Waals surface area contributed by atoms with Gasteiger partial charge in [-0.3, -0.25) is 14.4 Å². The van der Waals surface area contributed by atoms with Crippen LogP contribution < -0.4 is 5.32 Å². The van der Waals surface area contributed by atoms with Crippen LogP contribution in [0.4, 0.5) is 4.39 Å². The largest absolute Gasteiger partial charge is 0.432 e. The second-order valence-corrected chi connectivity index (χ2v) is 13.8. The Balaban J connectivity index is 1.39. The van der Waals surface area contributed by atoms with E-state index < -0.39 is 54.9 Å². The topological polar surface area (TPSA) is 197 Å². The number of hydrogen-bond acceptors (Lipinski definition) is 10. The molecule has 1 saturated heterocycles. The molecular formula is C34H45FN4O9. The maximum absolute atomic E-state index is 13.8. The predicted molar refractivity (Wildman–Crippen MR) is 173 cm³/mol. The van der Waals surface area contributed by atoms with Crippen molar-refractivity contribution in [3.8, 4) is 11.1 Å². The molecule has 2 aromatic carbocycles. The molecule has 2 heterocycles. The molecular weight excluding hydrogens is 627 g/mol. The Kier molecular flexibility index (Phi) is 11.3. The van der Waals surface area contributed by atoms with Crippen LogP contribution in [0.15, 0.2) is 40.8 Å². The third-order valence-corrected chi connectivity index (χ3v) is 8.56. The van der Waals surface area contributed by atoms with Crippen molar-refractivity contribution in [3.63, 3.8) is 0 Å². The second kappa shape index (κ2) is 14.7. The third-order valence-electron chi connectivity index (χ3n) is 8.56.